The minimum Gasteiger partial charge on any atom is -0.373 e. The molecule has 0 aromatic carbocycles. The van der Waals surface area contributed by atoms with Gasteiger partial charge in [-0.25, -0.2) is 0 Å². The van der Waals surface area contributed by atoms with E-state index >= 15 is 0 Å². The number of aryl methyl sites for hydroxylation is 1. The smallest absolute Gasteiger partial charge is 0.270 e. The van der Waals surface area contributed by atoms with Gasteiger partial charge in [-0.05, 0) is 18.6 Å². The number of rotatable bonds is 3. The number of aromatic amines is 1. The Balaban J connectivity index is 1.64. The molecular weight excluding hydrogens is 292 g/mol. The van der Waals surface area contributed by atoms with Crippen LogP contribution >= 0.6 is 11.6 Å². The van der Waals surface area contributed by atoms with Gasteiger partial charge in [-0.15, -0.1) is 0 Å². The summed E-state index contributed by atoms with van der Waals surface area (Å²) in [5.74, 6) is -0.0492. The van der Waals surface area contributed by atoms with Crippen molar-refractivity contribution in [3.63, 3.8) is 0 Å². The van der Waals surface area contributed by atoms with Crippen LogP contribution in [0.3, 0.4) is 0 Å². The zero-order valence-corrected chi connectivity index (χ0v) is 12.5. The minimum absolute atomic E-state index is 0.0487. The molecule has 6 nitrogen and oxygen atoms in total. The number of halogens is 1. The quantitative estimate of drug-likeness (QED) is 0.939. The number of ether oxygens (including phenoxy) is 1. The molecule has 1 N–H and O–H groups in total. The van der Waals surface area contributed by atoms with Crippen LogP contribution in [0.2, 0.25) is 5.02 Å². The Morgan fingerprint density at radius 2 is 2.48 bits per heavy atom. The number of carbonyl (C=O) groups is 1. The van der Waals surface area contributed by atoms with E-state index in [9.17, 15) is 4.79 Å². The predicted molar refractivity (Wildman–Crippen MR) is 78.4 cm³/mol. The average Bonchev–Trinajstić information content (AvgIpc) is 3.07. The normalized spacial score (nSPS) is 19.0. The SMILES string of the molecule is Cc1cnn(CC2CN(C(=O)c3cc(Cl)c[nH]3)CCO2)c1. The largest absolute Gasteiger partial charge is 0.373 e. The van der Waals surface area contributed by atoms with E-state index in [1.165, 1.54) is 0 Å². The molecule has 2 aromatic rings. The zero-order valence-electron chi connectivity index (χ0n) is 11.8. The highest BCUT2D eigenvalue weighted by Crippen LogP contribution is 2.15. The van der Waals surface area contributed by atoms with E-state index in [2.05, 4.69) is 10.1 Å². The number of morpholine rings is 1. The molecule has 1 saturated heterocycles. The topological polar surface area (TPSA) is 63.2 Å². The molecule has 21 heavy (non-hydrogen) atoms. The molecule has 2 aromatic heterocycles. The van der Waals surface area contributed by atoms with Crippen molar-refractivity contribution in [3.05, 3.63) is 40.9 Å². The molecule has 3 heterocycles. The highest BCUT2D eigenvalue weighted by molar-refractivity contribution is 6.30. The summed E-state index contributed by atoms with van der Waals surface area (Å²) < 4.78 is 7.57. The van der Waals surface area contributed by atoms with Gasteiger partial charge < -0.3 is 14.6 Å². The Hall–Kier alpha value is -1.79. The van der Waals surface area contributed by atoms with Crippen molar-refractivity contribution in [3.8, 4) is 0 Å². The van der Waals surface area contributed by atoms with E-state index in [1.807, 2.05) is 24.0 Å². The highest BCUT2D eigenvalue weighted by atomic mass is 35.5. The maximum atomic E-state index is 12.4. The fourth-order valence-corrected chi connectivity index (χ4v) is 2.62. The summed E-state index contributed by atoms with van der Waals surface area (Å²) in [6.07, 6.45) is 5.34. The lowest BCUT2D eigenvalue weighted by atomic mass is 10.2. The molecule has 1 atom stereocenters. The van der Waals surface area contributed by atoms with E-state index in [0.29, 0.717) is 37.0 Å². The lowest BCUT2D eigenvalue weighted by Crippen LogP contribution is -2.47. The molecule has 0 radical (unpaired) electrons. The van der Waals surface area contributed by atoms with Crippen molar-refractivity contribution < 1.29 is 9.53 Å². The van der Waals surface area contributed by atoms with E-state index in [0.717, 1.165) is 5.56 Å². The Bertz CT molecular complexity index is 636. The monoisotopic (exact) mass is 308 g/mol. The number of hydrogen-bond acceptors (Lipinski definition) is 3. The summed E-state index contributed by atoms with van der Waals surface area (Å²) in [6, 6.07) is 1.64. The molecule has 0 aliphatic carbocycles. The molecule has 1 amide bonds. The minimum atomic E-state index is -0.0492. The van der Waals surface area contributed by atoms with Crippen molar-refractivity contribution >= 4 is 17.5 Å². The van der Waals surface area contributed by atoms with Gasteiger partial charge in [-0.1, -0.05) is 11.6 Å². The molecule has 0 spiro atoms. The van der Waals surface area contributed by atoms with Crippen LogP contribution in [0, 0.1) is 6.92 Å². The lowest BCUT2D eigenvalue weighted by molar-refractivity contribution is -0.0301. The number of nitrogens with zero attached hydrogens (tertiary/aromatic N) is 3. The lowest BCUT2D eigenvalue weighted by Gasteiger charge is -2.32. The van der Waals surface area contributed by atoms with Crippen LogP contribution in [-0.4, -0.2) is 51.4 Å². The first-order valence-corrected chi connectivity index (χ1v) is 7.23. The van der Waals surface area contributed by atoms with E-state index < -0.39 is 0 Å². The fourth-order valence-electron chi connectivity index (χ4n) is 2.45. The first kappa shape index (κ1) is 14.2. The van der Waals surface area contributed by atoms with Gasteiger partial charge >= 0.3 is 0 Å². The third-order valence-corrected chi connectivity index (χ3v) is 3.68. The predicted octanol–water partition coefficient (Wildman–Crippen LogP) is 1.71. The van der Waals surface area contributed by atoms with Crippen LogP contribution in [0.25, 0.3) is 0 Å². The number of carbonyl (C=O) groups excluding carboxylic acids is 1. The number of aromatic nitrogens is 3. The van der Waals surface area contributed by atoms with E-state index in [1.54, 1.807) is 17.2 Å². The highest BCUT2D eigenvalue weighted by Gasteiger charge is 2.26. The number of nitrogens with one attached hydrogen (secondary N) is 1. The van der Waals surface area contributed by atoms with Crippen LogP contribution in [0.5, 0.6) is 0 Å². The molecule has 3 rings (SSSR count). The molecule has 112 valence electrons. The molecule has 1 fully saturated rings. The summed E-state index contributed by atoms with van der Waals surface area (Å²) >= 11 is 5.84. The summed E-state index contributed by atoms with van der Waals surface area (Å²) in [5, 5.41) is 4.79. The van der Waals surface area contributed by atoms with Crippen LogP contribution in [0.4, 0.5) is 0 Å². The molecular formula is C14H17ClN4O2. The van der Waals surface area contributed by atoms with Crippen molar-refractivity contribution in [2.45, 2.75) is 19.6 Å². The van der Waals surface area contributed by atoms with Crippen LogP contribution in [-0.2, 0) is 11.3 Å². The Morgan fingerprint density at radius 3 is 3.14 bits per heavy atom. The first-order valence-electron chi connectivity index (χ1n) is 6.85. The van der Waals surface area contributed by atoms with Gasteiger partial charge in [0.1, 0.15) is 5.69 Å². The van der Waals surface area contributed by atoms with Crippen molar-refractivity contribution in [2.24, 2.45) is 0 Å². The Labute approximate surface area is 127 Å². The molecule has 1 aliphatic heterocycles. The van der Waals surface area contributed by atoms with Crippen molar-refractivity contribution in [2.75, 3.05) is 19.7 Å². The second-order valence-electron chi connectivity index (χ2n) is 5.22. The van der Waals surface area contributed by atoms with Gasteiger partial charge in [-0.2, -0.15) is 5.10 Å². The molecule has 1 aliphatic rings. The summed E-state index contributed by atoms with van der Waals surface area (Å²) in [4.78, 5) is 17.0. The molecule has 0 saturated carbocycles. The average molecular weight is 309 g/mol. The molecule has 0 bridgehead atoms. The standard InChI is InChI=1S/C14H17ClN4O2/c1-10-5-17-19(7-10)9-12-8-18(2-3-21-12)14(20)13-4-11(15)6-16-13/h4-7,12,16H,2-3,8-9H2,1H3. The van der Waals surface area contributed by atoms with E-state index in [-0.39, 0.29) is 12.0 Å². The maximum Gasteiger partial charge on any atom is 0.270 e. The summed E-state index contributed by atoms with van der Waals surface area (Å²) in [6.45, 7) is 4.31. The van der Waals surface area contributed by atoms with Gasteiger partial charge in [0, 0.05) is 25.5 Å². The second-order valence-corrected chi connectivity index (χ2v) is 5.65. The van der Waals surface area contributed by atoms with Gasteiger partial charge in [0.2, 0.25) is 0 Å². The van der Waals surface area contributed by atoms with Crippen molar-refractivity contribution in [1.29, 1.82) is 0 Å². The Morgan fingerprint density at radius 1 is 1.62 bits per heavy atom. The van der Waals surface area contributed by atoms with Crippen LogP contribution < -0.4 is 0 Å². The number of hydrogen-bond donors (Lipinski definition) is 1. The summed E-state index contributed by atoms with van der Waals surface area (Å²) in [7, 11) is 0. The number of H-pyrrole nitrogens is 1. The first-order chi connectivity index (χ1) is 10.1. The zero-order chi connectivity index (χ0) is 14.8. The van der Waals surface area contributed by atoms with Gasteiger partial charge in [0.05, 0.1) is 30.5 Å². The van der Waals surface area contributed by atoms with E-state index in [4.69, 9.17) is 16.3 Å². The second kappa shape index (κ2) is 5.91. The molecule has 1 unspecified atom stereocenters. The van der Waals surface area contributed by atoms with Gasteiger partial charge in [0.15, 0.2) is 0 Å². The van der Waals surface area contributed by atoms with Crippen LogP contribution in [0.15, 0.2) is 24.7 Å². The Kier molecular flexibility index (Phi) is 3.98. The third kappa shape index (κ3) is 3.28. The summed E-state index contributed by atoms with van der Waals surface area (Å²) in [5.41, 5.74) is 1.62. The third-order valence-electron chi connectivity index (χ3n) is 3.46. The van der Waals surface area contributed by atoms with Gasteiger partial charge in [0.25, 0.3) is 5.91 Å². The van der Waals surface area contributed by atoms with Crippen LogP contribution in [0.1, 0.15) is 16.1 Å². The number of amides is 1. The van der Waals surface area contributed by atoms with Crippen molar-refractivity contribution in [1.82, 2.24) is 19.7 Å². The fraction of sp³-hybridized carbons (Fsp3) is 0.429. The maximum absolute atomic E-state index is 12.4. The van der Waals surface area contributed by atoms with Gasteiger partial charge in [-0.3, -0.25) is 9.48 Å². The molecule has 7 heteroatoms.